The van der Waals surface area contributed by atoms with E-state index in [-0.39, 0.29) is 40.1 Å². The van der Waals surface area contributed by atoms with E-state index in [4.69, 9.17) is 32.7 Å². The molecule has 242 valence electrons. The molecular formula is C34H29Cl2N3O8. The molecule has 0 radical (unpaired) electrons. The first-order valence-corrected chi connectivity index (χ1v) is 15.7. The van der Waals surface area contributed by atoms with Crippen LogP contribution < -0.4 is 14.9 Å². The van der Waals surface area contributed by atoms with Crippen LogP contribution in [0, 0.1) is 23.7 Å². The molecule has 7 rings (SSSR count). The van der Waals surface area contributed by atoms with Gasteiger partial charge >= 0.3 is 0 Å². The number of rotatable bonds is 6. The third kappa shape index (κ3) is 4.44. The quantitative estimate of drug-likeness (QED) is 0.184. The molecule has 4 amide bonds. The molecule has 1 saturated carbocycles. The Balaban J connectivity index is 1.48. The predicted octanol–water partition coefficient (Wildman–Crippen LogP) is 5.09. The third-order valence-corrected chi connectivity index (χ3v) is 10.6. The Kier molecular flexibility index (Phi) is 7.46. The van der Waals surface area contributed by atoms with Gasteiger partial charge in [-0.2, -0.15) is 10.1 Å². The molecule has 3 aromatic rings. The number of nitrogens with one attached hydrogen (secondary N) is 1. The van der Waals surface area contributed by atoms with Crippen LogP contribution in [0.2, 0.25) is 10.0 Å². The van der Waals surface area contributed by atoms with E-state index in [1.165, 1.54) is 26.4 Å². The zero-order chi connectivity index (χ0) is 33.4. The molecule has 3 N–H and O–H groups in total. The molecule has 3 fully saturated rings. The van der Waals surface area contributed by atoms with Crippen molar-refractivity contribution in [2.45, 2.75) is 24.2 Å². The van der Waals surface area contributed by atoms with E-state index < -0.39 is 58.6 Å². The number of halogens is 2. The largest absolute Gasteiger partial charge is 0.504 e. The van der Waals surface area contributed by atoms with Gasteiger partial charge in [-0.05, 0) is 72.4 Å². The number of phenols is 1. The highest BCUT2D eigenvalue weighted by molar-refractivity contribution is 6.36. The molecular weight excluding hydrogens is 649 g/mol. The average molecular weight is 679 g/mol. The maximum Gasteiger partial charge on any atom is 0.260 e. The molecule has 0 unspecified atom stereocenters. The molecule has 0 bridgehead atoms. The summed E-state index contributed by atoms with van der Waals surface area (Å²) in [6.07, 6.45) is 2.04. The van der Waals surface area contributed by atoms with E-state index in [1.807, 2.05) is 6.08 Å². The summed E-state index contributed by atoms with van der Waals surface area (Å²) in [5.74, 6) is -6.32. The van der Waals surface area contributed by atoms with Crippen molar-refractivity contribution in [3.8, 4) is 17.2 Å². The highest BCUT2D eigenvalue weighted by Crippen LogP contribution is 2.64. The van der Waals surface area contributed by atoms with E-state index in [9.17, 15) is 24.7 Å². The number of imide groups is 2. The number of carbonyl (C=O) groups is 4. The van der Waals surface area contributed by atoms with Crippen molar-refractivity contribution in [1.82, 2.24) is 10.1 Å². The van der Waals surface area contributed by atoms with Crippen LogP contribution in [0.3, 0.4) is 0 Å². The van der Waals surface area contributed by atoms with Crippen LogP contribution in [-0.4, -0.2) is 58.2 Å². The Morgan fingerprint density at radius 2 is 1.64 bits per heavy atom. The first-order valence-electron chi connectivity index (χ1n) is 14.9. The summed E-state index contributed by atoms with van der Waals surface area (Å²) in [6, 6.07) is 16.2. The number of anilines is 1. The number of ether oxygens (including phenoxy) is 2. The number of amides is 4. The summed E-state index contributed by atoms with van der Waals surface area (Å²) >= 11 is 12.6. The standard InChI is InChI=1S/C34H29Cl2N3O8/c1-46-19-7-4-17(5-8-19)34-23(31(42)38(33(34)44)37-25-11-6-18(35)14-24(25)36)15-22-20(9-10-21-28(22)32(43)39(45)30(21)41)29(34)16-3-12-26(40)27(13-16)47-2/h3-9,11-14,21-23,28-29,37,40,45H,10,15H2,1-2H3/t21-,22+,23-,28-,29-,34+/m0/s1. The van der Waals surface area contributed by atoms with Gasteiger partial charge in [0.2, 0.25) is 0 Å². The molecule has 2 aliphatic heterocycles. The van der Waals surface area contributed by atoms with Crippen molar-refractivity contribution in [2.75, 3.05) is 19.6 Å². The van der Waals surface area contributed by atoms with Crippen LogP contribution in [0.5, 0.6) is 17.2 Å². The van der Waals surface area contributed by atoms with Gasteiger partial charge in [0.15, 0.2) is 11.5 Å². The average Bonchev–Trinajstić information content (AvgIpc) is 3.42. The van der Waals surface area contributed by atoms with Gasteiger partial charge in [-0.1, -0.05) is 53.1 Å². The molecule has 0 aromatic heterocycles. The fourth-order valence-electron chi connectivity index (χ4n) is 8.08. The van der Waals surface area contributed by atoms with Gasteiger partial charge in [-0.15, -0.1) is 0 Å². The Bertz CT molecular complexity index is 1880. The number of hydrogen-bond donors (Lipinski definition) is 3. The van der Waals surface area contributed by atoms with Crippen molar-refractivity contribution in [2.24, 2.45) is 23.7 Å². The minimum Gasteiger partial charge on any atom is -0.504 e. The summed E-state index contributed by atoms with van der Waals surface area (Å²) in [4.78, 5) is 56.1. The number of allylic oxidation sites excluding steroid dienone is 2. The number of methoxy groups -OCH3 is 2. The van der Waals surface area contributed by atoms with Gasteiger partial charge in [0, 0.05) is 10.9 Å². The van der Waals surface area contributed by atoms with Gasteiger partial charge in [-0.25, -0.2) is 0 Å². The van der Waals surface area contributed by atoms with E-state index in [2.05, 4.69) is 5.43 Å². The van der Waals surface area contributed by atoms with E-state index >= 15 is 4.79 Å². The summed E-state index contributed by atoms with van der Waals surface area (Å²) in [7, 11) is 2.92. The smallest absolute Gasteiger partial charge is 0.260 e. The lowest BCUT2D eigenvalue weighted by atomic mass is 9.49. The highest BCUT2D eigenvalue weighted by Gasteiger charge is 2.70. The minimum atomic E-state index is -1.57. The normalized spacial score (nSPS) is 28.1. The molecule has 11 nitrogen and oxygen atoms in total. The van der Waals surface area contributed by atoms with Crippen molar-refractivity contribution >= 4 is 52.5 Å². The Morgan fingerprint density at radius 3 is 2.32 bits per heavy atom. The lowest BCUT2D eigenvalue weighted by Crippen LogP contribution is -2.53. The van der Waals surface area contributed by atoms with Crippen LogP contribution in [0.4, 0.5) is 5.69 Å². The van der Waals surface area contributed by atoms with Crippen molar-refractivity contribution in [1.29, 1.82) is 0 Å². The number of aromatic hydroxyl groups is 1. The van der Waals surface area contributed by atoms with Gasteiger partial charge in [0.1, 0.15) is 5.75 Å². The van der Waals surface area contributed by atoms with Crippen molar-refractivity contribution in [3.63, 3.8) is 0 Å². The molecule has 6 atom stereocenters. The Morgan fingerprint density at radius 1 is 0.894 bits per heavy atom. The first kappa shape index (κ1) is 31.0. The zero-order valence-corrected chi connectivity index (χ0v) is 26.7. The number of hydrogen-bond acceptors (Lipinski definition) is 9. The SMILES string of the molecule is COc1ccc([C@@]23C(=O)N(Nc4ccc(Cl)cc4Cl)C(=O)[C@@H]2C[C@@H]2C(=CC[C@@H]4C(=O)N(O)C(=O)[C@@H]42)[C@@H]3c2ccc(O)c(OC)c2)cc1. The van der Waals surface area contributed by atoms with Crippen LogP contribution in [0.1, 0.15) is 29.9 Å². The number of nitrogens with zero attached hydrogens (tertiary/aromatic N) is 2. The number of carbonyl (C=O) groups excluding carboxylic acids is 4. The Labute approximate surface area is 279 Å². The molecule has 4 aliphatic rings. The second-order valence-electron chi connectivity index (χ2n) is 12.1. The van der Waals surface area contributed by atoms with E-state index in [0.717, 1.165) is 5.01 Å². The molecule has 2 aliphatic carbocycles. The van der Waals surface area contributed by atoms with Crippen LogP contribution >= 0.6 is 23.2 Å². The maximum atomic E-state index is 15.2. The van der Waals surface area contributed by atoms with E-state index in [0.29, 0.717) is 27.5 Å². The van der Waals surface area contributed by atoms with Crippen molar-refractivity contribution < 1.29 is 39.0 Å². The molecule has 47 heavy (non-hydrogen) atoms. The van der Waals surface area contributed by atoms with Gasteiger partial charge in [0.05, 0.1) is 48.1 Å². The molecule has 3 aromatic carbocycles. The summed E-state index contributed by atoms with van der Waals surface area (Å²) < 4.78 is 10.9. The number of hydrazine groups is 1. The topological polar surface area (TPSA) is 146 Å². The fraction of sp³-hybridized carbons (Fsp3) is 0.294. The van der Waals surface area contributed by atoms with Crippen LogP contribution in [-0.2, 0) is 24.6 Å². The van der Waals surface area contributed by atoms with Crippen LogP contribution in [0.15, 0.2) is 72.3 Å². The van der Waals surface area contributed by atoms with Gasteiger partial charge < -0.3 is 14.6 Å². The summed E-state index contributed by atoms with van der Waals surface area (Å²) in [5.41, 5.74) is 3.36. The number of benzene rings is 3. The number of fused-ring (bicyclic) bond motifs is 4. The molecule has 0 spiro atoms. The highest BCUT2D eigenvalue weighted by atomic mass is 35.5. The number of phenolic OH excluding ortho intramolecular Hbond substituents is 1. The van der Waals surface area contributed by atoms with E-state index in [1.54, 1.807) is 48.5 Å². The molecule has 2 saturated heterocycles. The summed E-state index contributed by atoms with van der Waals surface area (Å²) in [5, 5.41) is 22.6. The van der Waals surface area contributed by atoms with Gasteiger partial charge in [-0.3, -0.25) is 29.8 Å². The zero-order valence-electron chi connectivity index (χ0n) is 25.1. The Hall–Kier alpha value is -4.58. The maximum absolute atomic E-state index is 15.2. The third-order valence-electron chi connectivity index (χ3n) is 10.1. The lowest BCUT2D eigenvalue weighted by Gasteiger charge is -2.50. The minimum absolute atomic E-state index is 0.0364. The second-order valence-corrected chi connectivity index (χ2v) is 13.0. The molecule has 13 heteroatoms. The fourth-order valence-corrected chi connectivity index (χ4v) is 8.53. The second kappa shape index (κ2) is 11.3. The van der Waals surface area contributed by atoms with Crippen LogP contribution in [0.25, 0.3) is 0 Å². The van der Waals surface area contributed by atoms with Gasteiger partial charge in [0.25, 0.3) is 23.6 Å². The first-order chi connectivity index (χ1) is 22.5. The molecule has 2 heterocycles. The monoisotopic (exact) mass is 677 g/mol. The van der Waals surface area contributed by atoms with Crippen molar-refractivity contribution in [3.05, 3.63) is 93.5 Å². The summed E-state index contributed by atoms with van der Waals surface area (Å²) in [6.45, 7) is 0. The lowest BCUT2D eigenvalue weighted by molar-refractivity contribution is -0.173. The number of hydroxylamine groups is 2. The predicted molar refractivity (Wildman–Crippen MR) is 169 cm³/mol.